The zero-order valence-corrected chi connectivity index (χ0v) is 16.4. The largest absolute Gasteiger partial charge is 0.496 e. The van der Waals surface area contributed by atoms with Crippen LogP contribution in [0.4, 0.5) is 0 Å². The maximum atomic E-state index is 11.7. The number of nitrogens with one attached hydrogen (secondary N) is 1. The van der Waals surface area contributed by atoms with E-state index in [1.165, 1.54) is 29.5 Å². The molecular weight excluding hydrogens is 350 g/mol. The highest BCUT2D eigenvalue weighted by atomic mass is 16.5. The third kappa shape index (κ3) is 3.74. The fourth-order valence-corrected chi connectivity index (χ4v) is 4.61. The molecule has 4 rings (SSSR count). The number of ketones is 2. The minimum absolute atomic E-state index is 0.264. The van der Waals surface area contributed by atoms with Gasteiger partial charge in [0, 0.05) is 12.0 Å². The molecule has 0 spiro atoms. The third-order valence-electron chi connectivity index (χ3n) is 6.09. The molecule has 146 valence electrons. The standard InChI is InChI=1S/C24H27NO3/c1-28-23-7-3-5-19-17(4-2-6-21(19)23)11-13-25-12-10-16-8-9-20-18(14-16)15-22(26)24(20)27/h3,5,7-9,14,17,25H,2,4,6,10-13,15H2,1H3. The van der Waals surface area contributed by atoms with Crippen LogP contribution in [0.15, 0.2) is 36.4 Å². The van der Waals surface area contributed by atoms with Crippen molar-refractivity contribution < 1.29 is 14.3 Å². The Labute approximate surface area is 166 Å². The average Bonchev–Trinajstić information content (AvgIpc) is 3.00. The first-order chi connectivity index (χ1) is 13.7. The smallest absolute Gasteiger partial charge is 0.229 e. The van der Waals surface area contributed by atoms with E-state index < -0.39 is 0 Å². The predicted octanol–water partition coefficient (Wildman–Crippen LogP) is 3.65. The summed E-state index contributed by atoms with van der Waals surface area (Å²) in [5.41, 5.74) is 5.51. The van der Waals surface area contributed by atoms with Crippen molar-refractivity contribution in [3.8, 4) is 5.75 Å². The van der Waals surface area contributed by atoms with Crippen molar-refractivity contribution in [2.45, 2.75) is 44.4 Å². The van der Waals surface area contributed by atoms with E-state index in [-0.39, 0.29) is 18.0 Å². The molecular formula is C24H27NO3. The molecule has 0 saturated carbocycles. The SMILES string of the molecule is COc1cccc2c1CCCC2CCNCCc1ccc2c(c1)CC(=O)C2=O. The Morgan fingerprint density at radius 2 is 2.04 bits per heavy atom. The molecule has 1 atom stereocenters. The molecule has 0 amide bonds. The maximum absolute atomic E-state index is 11.7. The van der Waals surface area contributed by atoms with Crippen LogP contribution in [-0.4, -0.2) is 31.8 Å². The molecule has 28 heavy (non-hydrogen) atoms. The van der Waals surface area contributed by atoms with Gasteiger partial charge in [-0.3, -0.25) is 9.59 Å². The Morgan fingerprint density at radius 3 is 2.89 bits per heavy atom. The Morgan fingerprint density at radius 1 is 1.14 bits per heavy atom. The molecule has 0 heterocycles. The minimum atomic E-state index is -0.330. The monoisotopic (exact) mass is 377 g/mol. The van der Waals surface area contributed by atoms with Crippen molar-refractivity contribution in [3.63, 3.8) is 0 Å². The van der Waals surface area contributed by atoms with Gasteiger partial charge >= 0.3 is 0 Å². The zero-order chi connectivity index (χ0) is 19.5. The highest BCUT2D eigenvalue weighted by Crippen LogP contribution is 2.38. The summed E-state index contributed by atoms with van der Waals surface area (Å²) in [6.07, 6.45) is 5.89. The molecule has 4 heteroatoms. The van der Waals surface area contributed by atoms with Crippen LogP contribution in [0, 0.1) is 0 Å². The van der Waals surface area contributed by atoms with Crippen LogP contribution in [0.5, 0.6) is 5.75 Å². The van der Waals surface area contributed by atoms with Gasteiger partial charge in [0.05, 0.1) is 7.11 Å². The molecule has 0 aromatic heterocycles. The van der Waals surface area contributed by atoms with Crippen molar-refractivity contribution in [1.29, 1.82) is 0 Å². The average molecular weight is 377 g/mol. The molecule has 0 radical (unpaired) electrons. The number of fused-ring (bicyclic) bond motifs is 2. The molecule has 0 fully saturated rings. The van der Waals surface area contributed by atoms with Crippen LogP contribution in [-0.2, 0) is 24.1 Å². The number of carbonyl (C=O) groups is 2. The number of Topliss-reactive ketones (excluding diaryl/α,β-unsaturated/α-hetero) is 2. The Balaban J connectivity index is 1.27. The van der Waals surface area contributed by atoms with Crippen molar-refractivity contribution in [2.75, 3.05) is 20.2 Å². The van der Waals surface area contributed by atoms with Crippen LogP contribution in [0.25, 0.3) is 0 Å². The number of carbonyl (C=O) groups excluding carboxylic acids is 2. The van der Waals surface area contributed by atoms with Crippen molar-refractivity contribution >= 4 is 11.6 Å². The van der Waals surface area contributed by atoms with Crippen LogP contribution in [0.3, 0.4) is 0 Å². The van der Waals surface area contributed by atoms with E-state index in [0.29, 0.717) is 11.5 Å². The summed E-state index contributed by atoms with van der Waals surface area (Å²) in [6, 6.07) is 12.2. The molecule has 0 aliphatic heterocycles. The van der Waals surface area contributed by atoms with E-state index in [4.69, 9.17) is 4.74 Å². The van der Waals surface area contributed by atoms with E-state index in [0.717, 1.165) is 43.7 Å². The van der Waals surface area contributed by atoms with Crippen molar-refractivity contribution in [3.05, 3.63) is 64.2 Å². The highest BCUT2D eigenvalue weighted by molar-refractivity contribution is 6.47. The molecule has 2 aliphatic rings. The Hall–Kier alpha value is -2.46. The first-order valence-corrected chi connectivity index (χ1v) is 10.2. The van der Waals surface area contributed by atoms with Crippen LogP contribution in [0.1, 0.15) is 57.8 Å². The summed E-state index contributed by atoms with van der Waals surface area (Å²) in [6.45, 7) is 1.89. The molecule has 1 N–H and O–H groups in total. The fraction of sp³-hybridized carbons (Fsp3) is 0.417. The summed E-state index contributed by atoms with van der Waals surface area (Å²) in [5.74, 6) is 1.02. The third-order valence-corrected chi connectivity index (χ3v) is 6.09. The first-order valence-electron chi connectivity index (χ1n) is 10.2. The molecule has 0 saturated heterocycles. The molecule has 2 aliphatic carbocycles. The van der Waals surface area contributed by atoms with E-state index in [2.05, 4.69) is 23.5 Å². The van der Waals surface area contributed by atoms with Gasteiger partial charge < -0.3 is 10.1 Å². The molecule has 4 nitrogen and oxygen atoms in total. The topological polar surface area (TPSA) is 55.4 Å². The lowest BCUT2D eigenvalue weighted by Crippen LogP contribution is -2.22. The molecule has 1 unspecified atom stereocenters. The second-order valence-corrected chi connectivity index (χ2v) is 7.83. The van der Waals surface area contributed by atoms with Crippen LogP contribution < -0.4 is 10.1 Å². The Bertz CT molecular complexity index is 903. The lowest BCUT2D eigenvalue weighted by atomic mass is 9.80. The number of hydrogen-bond donors (Lipinski definition) is 1. The number of methoxy groups -OCH3 is 1. The van der Waals surface area contributed by atoms with Gasteiger partial charge in [0.1, 0.15) is 5.75 Å². The summed E-state index contributed by atoms with van der Waals surface area (Å²) in [7, 11) is 1.76. The molecule has 2 aromatic rings. The number of rotatable bonds is 7. The van der Waals surface area contributed by atoms with E-state index in [1.54, 1.807) is 7.11 Å². The van der Waals surface area contributed by atoms with Gasteiger partial charge in [0.25, 0.3) is 0 Å². The normalized spacial score (nSPS) is 18.1. The highest BCUT2D eigenvalue weighted by Gasteiger charge is 2.28. The summed E-state index contributed by atoms with van der Waals surface area (Å²) in [5, 5.41) is 3.56. The van der Waals surface area contributed by atoms with Gasteiger partial charge in [0.2, 0.25) is 11.6 Å². The summed E-state index contributed by atoms with van der Waals surface area (Å²) < 4.78 is 5.54. The maximum Gasteiger partial charge on any atom is 0.229 e. The number of ether oxygens (including phenoxy) is 1. The summed E-state index contributed by atoms with van der Waals surface area (Å²) >= 11 is 0. The van der Waals surface area contributed by atoms with Gasteiger partial charge in [-0.05, 0) is 79.4 Å². The van der Waals surface area contributed by atoms with E-state index in [1.807, 2.05) is 18.2 Å². The van der Waals surface area contributed by atoms with Crippen LogP contribution in [0.2, 0.25) is 0 Å². The number of hydrogen-bond acceptors (Lipinski definition) is 4. The predicted molar refractivity (Wildman–Crippen MR) is 109 cm³/mol. The van der Waals surface area contributed by atoms with Gasteiger partial charge in [-0.25, -0.2) is 0 Å². The molecule has 0 bridgehead atoms. The fourth-order valence-electron chi connectivity index (χ4n) is 4.61. The zero-order valence-electron chi connectivity index (χ0n) is 16.4. The second kappa shape index (κ2) is 8.27. The Kier molecular flexibility index (Phi) is 5.58. The minimum Gasteiger partial charge on any atom is -0.496 e. The van der Waals surface area contributed by atoms with E-state index >= 15 is 0 Å². The van der Waals surface area contributed by atoms with Gasteiger partial charge in [-0.15, -0.1) is 0 Å². The van der Waals surface area contributed by atoms with Crippen LogP contribution >= 0.6 is 0 Å². The molecule has 2 aromatic carbocycles. The second-order valence-electron chi connectivity index (χ2n) is 7.83. The van der Waals surface area contributed by atoms with Gasteiger partial charge in [-0.1, -0.05) is 30.3 Å². The van der Waals surface area contributed by atoms with Crippen molar-refractivity contribution in [2.24, 2.45) is 0 Å². The first kappa shape index (κ1) is 18.9. The van der Waals surface area contributed by atoms with Gasteiger partial charge in [-0.2, -0.15) is 0 Å². The number of benzene rings is 2. The lowest BCUT2D eigenvalue weighted by molar-refractivity contribution is -0.114. The van der Waals surface area contributed by atoms with Crippen molar-refractivity contribution in [1.82, 2.24) is 5.32 Å². The van der Waals surface area contributed by atoms with E-state index in [9.17, 15) is 9.59 Å². The van der Waals surface area contributed by atoms with Gasteiger partial charge in [0.15, 0.2) is 0 Å². The summed E-state index contributed by atoms with van der Waals surface area (Å²) in [4.78, 5) is 23.3. The quantitative estimate of drug-likeness (QED) is 0.591. The lowest BCUT2D eigenvalue weighted by Gasteiger charge is -2.27.